The number of aliphatic hydroxyl groups is 5. The lowest BCUT2D eigenvalue weighted by atomic mass is 9.33. The molecule has 326 valence electrons. The molecule has 7 rings (SSSR count). The largest absolute Gasteiger partial charge is 0.481 e. The number of carboxylic acids is 3. The van der Waals surface area contributed by atoms with Gasteiger partial charge in [0.2, 0.25) is 0 Å². The van der Waals surface area contributed by atoms with E-state index < -0.39 is 107 Å². The zero-order valence-electron chi connectivity index (χ0n) is 34.4. The van der Waals surface area contributed by atoms with Gasteiger partial charge in [-0.25, -0.2) is 9.59 Å². The van der Waals surface area contributed by atoms with E-state index in [9.17, 15) is 60.0 Å². The molecular weight excluding hydrogens is 760 g/mol. The average molecular weight is 823 g/mol. The van der Waals surface area contributed by atoms with Crippen molar-refractivity contribution in [2.45, 2.75) is 174 Å². The molecule has 2 heterocycles. The SMILES string of the molecule is CC1(C)C2CC[C@]3(C)[C@H](C(=O)C=C4[C@@H]5C[C@@](C)(C(=O)O)CC[C@]5(C)CC[C@]43C)[C@@]2(C)CC[C@@H]1O[C@H]1O[C@H](C(=O)O)[C@@H](O)[C@H](O)[C@H]1O[C@@H]1O[C@H](C(=O)O)[C@@H](O)[C@H](O)[C@H]1O. The summed E-state index contributed by atoms with van der Waals surface area (Å²) in [5.74, 6) is -4.47. The lowest BCUT2D eigenvalue weighted by Crippen LogP contribution is -2.68. The Labute approximate surface area is 337 Å². The van der Waals surface area contributed by atoms with Crippen LogP contribution in [0.5, 0.6) is 0 Å². The number of ether oxygens (including phenoxy) is 4. The molecule has 2 aliphatic heterocycles. The van der Waals surface area contributed by atoms with Crippen molar-refractivity contribution in [1.29, 1.82) is 0 Å². The van der Waals surface area contributed by atoms with E-state index in [1.165, 1.54) is 0 Å². The molecule has 0 amide bonds. The summed E-state index contributed by atoms with van der Waals surface area (Å²) in [7, 11) is 0. The minimum Gasteiger partial charge on any atom is -0.481 e. The molecule has 0 spiro atoms. The van der Waals surface area contributed by atoms with Gasteiger partial charge in [-0.05, 0) is 110 Å². The number of hydrogen-bond acceptors (Lipinski definition) is 13. The topological polar surface area (TPSA) is 267 Å². The number of rotatable bonds is 7. The molecule has 6 fully saturated rings. The fraction of sp³-hybridized carbons (Fsp3) is 0.857. The first-order valence-electron chi connectivity index (χ1n) is 20.7. The van der Waals surface area contributed by atoms with Crippen molar-refractivity contribution in [3.05, 3.63) is 11.6 Å². The van der Waals surface area contributed by atoms with Crippen LogP contribution in [0, 0.1) is 50.2 Å². The zero-order valence-corrected chi connectivity index (χ0v) is 34.4. The number of carboxylic acid groups (broad SMARTS) is 3. The van der Waals surface area contributed by atoms with Crippen LogP contribution in [0.15, 0.2) is 11.6 Å². The highest BCUT2D eigenvalue weighted by Gasteiger charge is 2.71. The van der Waals surface area contributed by atoms with E-state index in [2.05, 4.69) is 27.7 Å². The van der Waals surface area contributed by atoms with Crippen LogP contribution in [0.4, 0.5) is 0 Å². The van der Waals surface area contributed by atoms with Crippen LogP contribution in [0.25, 0.3) is 0 Å². The maximum absolute atomic E-state index is 14.8. The number of ketones is 1. The predicted molar refractivity (Wildman–Crippen MR) is 199 cm³/mol. The molecule has 58 heavy (non-hydrogen) atoms. The van der Waals surface area contributed by atoms with Crippen LogP contribution in [-0.2, 0) is 38.1 Å². The molecule has 16 nitrogen and oxygen atoms in total. The number of fused-ring (bicyclic) bond motifs is 7. The molecule has 0 aromatic rings. The maximum Gasteiger partial charge on any atom is 0.335 e. The Hall–Kier alpha value is -2.54. The van der Waals surface area contributed by atoms with Crippen LogP contribution in [-0.4, -0.2) is 132 Å². The van der Waals surface area contributed by atoms with Gasteiger partial charge < -0.3 is 59.8 Å². The Kier molecular flexibility index (Phi) is 10.7. The number of aliphatic carboxylic acids is 3. The van der Waals surface area contributed by atoms with Gasteiger partial charge in [-0.1, -0.05) is 47.1 Å². The Morgan fingerprint density at radius 3 is 1.88 bits per heavy atom. The van der Waals surface area contributed by atoms with Crippen LogP contribution in [0.2, 0.25) is 0 Å². The highest BCUT2D eigenvalue weighted by Crippen LogP contribution is 2.75. The summed E-state index contributed by atoms with van der Waals surface area (Å²) in [5.41, 5.74) is -1.81. The van der Waals surface area contributed by atoms with Gasteiger partial charge in [0.05, 0.1) is 11.5 Å². The second-order valence-corrected chi connectivity index (χ2v) is 20.6. The van der Waals surface area contributed by atoms with Gasteiger partial charge in [-0.15, -0.1) is 0 Å². The second kappa shape index (κ2) is 14.3. The number of carbonyl (C=O) groups excluding carboxylic acids is 1. The van der Waals surface area contributed by atoms with Gasteiger partial charge in [0, 0.05) is 5.92 Å². The molecule has 7 aliphatic rings. The molecule has 0 bridgehead atoms. The summed E-state index contributed by atoms with van der Waals surface area (Å²) >= 11 is 0. The Balaban J connectivity index is 1.17. The summed E-state index contributed by atoms with van der Waals surface area (Å²) in [6.07, 6.45) is -12.2. The van der Waals surface area contributed by atoms with Crippen molar-refractivity contribution in [1.82, 2.24) is 0 Å². The first-order chi connectivity index (χ1) is 26.8. The van der Waals surface area contributed by atoms with Crippen LogP contribution in [0.3, 0.4) is 0 Å². The van der Waals surface area contributed by atoms with E-state index in [0.717, 1.165) is 37.7 Å². The Morgan fingerprint density at radius 1 is 0.690 bits per heavy atom. The summed E-state index contributed by atoms with van der Waals surface area (Å²) in [6.45, 7) is 14.8. The summed E-state index contributed by atoms with van der Waals surface area (Å²) in [6, 6.07) is 0. The van der Waals surface area contributed by atoms with E-state index in [1.807, 2.05) is 26.8 Å². The zero-order chi connectivity index (χ0) is 42.9. The molecule has 0 radical (unpaired) electrons. The molecule has 1 unspecified atom stereocenters. The molecule has 8 N–H and O–H groups in total. The number of allylic oxidation sites excluding steroid dienone is 2. The van der Waals surface area contributed by atoms with Crippen LogP contribution >= 0.6 is 0 Å². The normalized spacial score (nSPS) is 52.6. The first-order valence-corrected chi connectivity index (χ1v) is 20.7. The Morgan fingerprint density at radius 2 is 1.28 bits per heavy atom. The quantitative estimate of drug-likeness (QED) is 0.171. The van der Waals surface area contributed by atoms with Crippen LogP contribution in [0.1, 0.15) is 106 Å². The lowest BCUT2D eigenvalue weighted by molar-refractivity contribution is -0.371. The molecule has 4 saturated carbocycles. The minimum atomic E-state index is -2.05. The van der Waals surface area contributed by atoms with E-state index in [1.54, 1.807) is 0 Å². The van der Waals surface area contributed by atoms with E-state index in [0.29, 0.717) is 25.7 Å². The molecular formula is C42H62O16. The summed E-state index contributed by atoms with van der Waals surface area (Å²) in [5, 5.41) is 83.0. The fourth-order valence-electron chi connectivity index (χ4n) is 13.4. The molecule has 19 atom stereocenters. The van der Waals surface area contributed by atoms with Gasteiger partial charge in [0.25, 0.3) is 0 Å². The third-order valence-electron chi connectivity index (χ3n) is 17.2. The third-order valence-corrected chi connectivity index (χ3v) is 17.2. The van der Waals surface area contributed by atoms with Crippen molar-refractivity contribution >= 4 is 23.7 Å². The smallest absolute Gasteiger partial charge is 0.335 e. The van der Waals surface area contributed by atoms with Crippen molar-refractivity contribution < 1.29 is 79.0 Å². The highest BCUT2D eigenvalue weighted by atomic mass is 16.8. The standard InChI is InChI=1S/C42H62O16/c1-37(2)21-8-11-42(7)31(20(43)16-18-19-17-39(4,36(53)54)13-12-38(19,3)14-15-41(18,42)6)40(21,5)10-9-22(37)55-35-30(26(47)25(46)29(57-35)33(51)52)58-34-27(48)23(44)24(45)28(56-34)32(49)50/h16,19,21-31,34-35,44-48H,8-15,17H2,1-7H3,(H,49,50)(H,51,52)(H,53,54)/t19-,21?,22-,23-,24-,25-,26-,27+,28-,29-,30+,31+,34-,35-,38+,39-,40-,41+,42+/m0/s1. The van der Waals surface area contributed by atoms with Gasteiger partial charge in [-0.2, -0.15) is 0 Å². The lowest BCUT2D eigenvalue weighted by Gasteiger charge is -2.70. The number of aliphatic hydroxyl groups excluding tert-OH is 5. The molecule has 2 saturated heterocycles. The molecule has 16 heteroatoms. The minimum absolute atomic E-state index is 0.0217. The molecule has 5 aliphatic carbocycles. The summed E-state index contributed by atoms with van der Waals surface area (Å²) < 4.78 is 23.4. The first kappa shape index (κ1) is 43.5. The average Bonchev–Trinajstić information content (AvgIpc) is 3.13. The van der Waals surface area contributed by atoms with Gasteiger partial charge in [-0.3, -0.25) is 9.59 Å². The van der Waals surface area contributed by atoms with Gasteiger partial charge in [0.15, 0.2) is 30.6 Å². The second-order valence-electron chi connectivity index (χ2n) is 20.6. The highest BCUT2D eigenvalue weighted by molar-refractivity contribution is 5.95. The number of carbonyl (C=O) groups is 4. The van der Waals surface area contributed by atoms with Crippen LogP contribution < -0.4 is 0 Å². The Bertz CT molecular complexity index is 1730. The fourth-order valence-corrected chi connectivity index (χ4v) is 13.4. The number of hydrogen-bond donors (Lipinski definition) is 8. The van der Waals surface area contributed by atoms with Crippen molar-refractivity contribution in [3.63, 3.8) is 0 Å². The monoisotopic (exact) mass is 822 g/mol. The van der Waals surface area contributed by atoms with Gasteiger partial charge in [0.1, 0.15) is 36.6 Å². The predicted octanol–water partition coefficient (Wildman–Crippen LogP) is 2.25. The van der Waals surface area contributed by atoms with Crippen molar-refractivity contribution in [3.8, 4) is 0 Å². The maximum atomic E-state index is 14.8. The summed E-state index contributed by atoms with van der Waals surface area (Å²) in [4.78, 5) is 51.3. The van der Waals surface area contributed by atoms with Crippen molar-refractivity contribution in [2.75, 3.05) is 0 Å². The van der Waals surface area contributed by atoms with E-state index >= 15 is 0 Å². The van der Waals surface area contributed by atoms with E-state index in [-0.39, 0.29) is 34.4 Å². The third kappa shape index (κ3) is 6.25. The molecule has 0 aromatic heterocycles. The van der Waals surface area contributed by atoms with Gasteiger partial charge >= 0.3 is 17.9 Å². The van der Waals surface area contributed by atoms with Crippen molar-refractivity contribution in [2.24, 2.45) is 50.2 Å². The molecule has 0 aromatic carbocycles. The van der Waals surface area contributed by atoms with E-state index in [4.69, 9.17) is 18.9 Å².